The van der Waals surface area contributed by atoms with Gasteiger partial charge in [0.2, 0.25) is 0 Å². The van der Waals surface area contributed by atoms with E-state index in [4.69, 9.17) is 26.2 Å². The molecule has 0 aliphatic carbocycles. The molecule has 6 rings (SSSR count). The molecule has 8 nitrogen and oxygen atoms in total. The number of nitriles is 1. The molecule has 0 saturated carbocycles. The third kappa shape index (κ3) is 6.92. The van der Waals surface area contributed by atoms with E-state index in [2.05, 4.69) is 0 Å². The average molecular weight is 655 g/mol. The Morgan fingerprint density at radius 1 is 0.854 bits per heavy atom. The van der Waals surface area contributed by atoms with E-state index in [0.29, 0.717) is 46.4 Å². The van der Waals surface area contributed by atoms with Gasteiger partial charge in [0, 0.05) is 34.5 Å². The summed E-state index contributed by atoms with van der Waals surface area (Å²) in [6.07, 6.45) is 3.98. The molecule has 1 aliphatic heterocycles. The van der Waals surface area contributed by atoms with Crippen molar-refractivity contribution in [1.82, 2.24) is 14.7 Å². The summed E-state index contributed by atoms with van der Waals surface area (Å²) in [6, 6.07) is 34.2. The number of nitrogens with zero attached hydrogens (tertiary/aromatic N) is 4. The largest absolute Gasteiger partial charge is 0.497 e. The van der Waals surface area contributed by atoms with E-state index >= 15 is 0 Å². The first kappa shape index (κ1) is 32.0. The number of methoxy groups -OCH3 is 1. The number of rotatable bonds is 10. The lowest BCUT2D eigenvalue weighted by Crippen LogP contribution is -2.43. The maximum absolute atomic E-state index is 13.9. The highest BCUT2D eigenvalue weighted by Gasteiger charge is 2.35. The molecule has 4 aromatic carbocycles. The molecule has 9 heteroatoms. The van der Waals surface area contributed by atoms with Gasteiger partial charge in [-0.3, -0.25) is 14.5 Å². The summed E-state index contributed by atoms with van der Waals surface area (Å²) < 4.78 is 13.0. The third-order valence-electron chi connectivity index (χ3n) is 8.12. The SMILES string of the molecule is COc1ccc(CCN2C(=O)C(C#N)=C(C)/C(=C\c3cn(-c4ccccc4)nc3-c3ccc(OCc4ccc(Cl)cc4)cc3)C2=O)cc1. The van der Waals surface area contributed by atoms with Crippen LogP contribution in [0, 0.1) is 11.3 Å². The summed E-state index contributed by atoms with van der Waals surface area (Å²) in [5, 5.41) is 15.5. The summed E-state index contributed by atoms with van der Waals surface area (Å²) in [5.74, 6) is 0.336. The first-order valence-electron chi connectivity index (χ1n) is 15.3. The molecule has 0 fully saturated rings. The van der Waals surface area contributed by atoms with Gasteiger partial charge < -0.3 is 9.47 Å². The molecule has 0 atom stereocenters. The highest BCUT2D eigenvalue weighted by Crippen LogP contribution is 2.32. The highest BCUT2D eigenvalue weighted by molar-refractivity contribution is 6.30. The number of para-hydroxylation sites is 1. The van der Waals surface area contributed by atoms with E-state index in [0.717, 1.165) is 27.3 Å². The van der Waals surface area contributed by atoms with Crippen LogP contribution in [0.15, 0.2) is 126 Å². The lowest BCUT2D eigenvalue weighted by Gasteiger charge is -2.27. The third-order valence-corrected chi connectivity index (χ3v) is 8.37. The Hall–Kier alpha value is -5.91. The number of imide groups is 1. The fourth-order valence-electron chi connectivity index (χ4n) is 5.41. The van der Waals surface area contributed by atoms with Crippen molar-refractivity contribution in [3.63, 3.8) is 0 Å². The number of halogens is 1. The summed E-state index contributed by atoms with van der Waals surface area (Å²) in [5.41, 5.74) is 5.36. The van der Waals surface area contributed by atoms with Crippen LogP contribution in [0.4, 0.5) is 0 Å². The van der Waals surface area contributed by atoms with Crippen LogP contribution in [-0.2, 0) is 22.6 Å². The summed E-state index contributed by atoms with van der Waals surface area (Å²) in [7, 11) is 1.59. The molecule has 1 aromatic heterocycles. The van der Waals surface area contributed by atoms with Crippen molar-refractivity contribution in [1.29, 1.82) is 5.26 Å². The second kappa shape index (κ2) is 14.2. The molecule has 5 aromatic rings. The number of benzene rings is 4. The molecule has 48 heavy (non-hydrogen) atoms. The van der Waals surface area contributed by atoms with Crippen LogP contribution >= 0.6 is 11.6 Å². The summed E-state index contributed by atoms with van der Waals surface area (Å²) >= 11 is 6.00. The first-order valence-corrected chi connectivity index (χ1v) is 15.7. The van der Waals surface area contributed by atoms with Gasteiger partial charge in [-0.25, -0.2) is 4.68 Å². The molecule has 0 bridgehead atoms. The van der Waals surface area contributed by atoms with Crippen LogP contribution < -0.4 is 9.47 Å². The van der Waals surface area contributed by atoms with Crippen molar-refractivity contribution >= 4 is 29.5 Å². The zero-order valence-corrected chi connectivity index (χ0v) is 27.1. The van der Waals surface area contributed by atoms with Gasteiger partial charge >= 0.3 is 0 Å². The standard InChI is InChI=1S/C39H31ClN4O4/c1-26-35(38(45)43(39(46)36(26)23-41)21-20-27-10-16-33(47-2)17-11-27)22-30-24-44(32-6-4-3-5-7-32)42-37(30)29-12-18-34(19-13-29)48-25-28-8-14-31(40)15-9-28/h3-19,22,24H,20-21,25H2,1-2H3/b35-22+. The van der Waals surface area contributed by atoms with Crippen LogP contribution in [0.25, 0.3) is 23.0 Å². The molecule has 0 N–H and O–H groups in total. The van der Waals surface area contributed by atoms with Gasteiger partial charge in [-0.15, -0.1) is 0 Å². The van der Waals surface area contributed by atoms with Crippen LogP contribution in [0.2, 0.25) is 5.02 Å². The number of ether oxygens (including phenoxy) is 2. The molecular formula is C39H31ClN4O4. The Morgan fingerprint density at radius 2 is 1.52 bits per heavy atom. The van der Waals surface area contributed by atoms with Crippen molar-refractivity contribution in [2.75, 3.05) is 13.7 Å². The Bertz CT molecular complexity index is 2060. The minimum Gasteiger partial charge on any atom is -0.497 e. The van der Waals surface area contributed by atoms with Crippen LogP contribution in [-0.4, -0.2) is 40.1 Å². The van der Waals surface area contributed by atoms with E-state index in [9.17, 15) is 14.9 Å². The molecule has 0 radical (unpaired) electrons. The van der Waals surface area contributed by atoms with E-state index in [1.807, 2.05) is 115 Å². The molecule has 1 aliphatic rings. The second-order valence-corrected chi connectivity index (χ2v) is 11.6. The minimum atomic E-state index is -0.597. The van der Waals surface area contributed by atoms with Gasteiger partial charge in [-0.05, 0) is 96.8 Å². The normalized spacial score (nSPS) is 14.0. The van der Waals surface area contributed by atoms with Gasteiger partial charge in [-0.2, -0.15) is 10.4 Å². The minimum absolute atomic E-state index is 0.0604. The summed E-state index contributed by atoms with van der Waals surface area (Å²) in [4.78, 5) is 28.4. The van der Waals surface area contributed by atoms with Gasteiger partial charge in [0.15, 0.2) is 0 Å². The molecule has 0 saturated heterocycles. The number of hydrogen-bond acceptors (Lipinski definition) is 6. The Morgan fingerprint density at radius 3 is 2.19 bits per heavy atom. The average Bonchev–Trinajstić information content (AvgIpc) is 3.55. The van der Waals surface area contributed by atoms with E-state index < -0.39 is 11.8 Å². The molecule has 238 valence electrons. The zero-order valence-electron chi connectivity index (χ0n) is 26.4. The molecular weight excluding hydrogens is 624 g/mol. The Balaban J connectivity index is 1.33. The fourth-order valence-corrected chi connectivity index (χ4v) is 5.53. The monoisotopic (exact) mass is 654 g/mol. The predicted molar refractivity (Wildman–Crippen MR) is 184 cm³/mol. The van der Waals surface area contributed by atoms with E-state index in [1.165, 1.54) is 0 Å². The van der Waals surface area contributed by atoms with Crippen molar-refractivity contribution < 1.29 is 19.1 Å². The molecule has 0 spiro atoms. The van der Waals surface area contributed by atoms with Crippen LogP contribution in [0.3, 0.4) is 0 Å². The van der Waals surface area contributed by atoms with Crippen molar-refractivity contribution in [3.8, 4) is 34.5 Å². The maximum atomic E-state index is 13.9. The second-order valence-electron chi connectivity index (χ2n) is 11.2. The Kier molecular flexibility index (Phi) is 9.51. The lowest BCUT2D eigenvalue weighted by atomic mass is 9.93. The van der Waals surface area contributed by atoms with Gasteiger partial charge in [0.25, 0.3) is 11.8 Å². The quantitative estimate of drug-likeness (QED) is 0.114. The zero-order chi connectivity index (χ0) is 33.6. The molecule has 2 amide bonds. The van der Waals surface area contributed by atoms with Gasteiger partial charge in [-0.1, -0.05) is 54.1 Å². The topological polar surface area (TPSA) is 97.5 Å². The summed E-state index contributed by atoms with van der Waals surface area (Å²) in [6.45, 7) is 2.14. The highest BCUT2D eigenvalue weighted by atomic mass is 35.5. The maximum Gasteiger partial charge on any atom is 0.271 e. The number of aromatic nitrogens is 2. The van der Waals surface area contributed by atoms with Crippen LogP contribution in [0.1, 0.15) is 23.6 Å². The Labute approximate surface area is 283 Å². The number of carbonyl (C=O) groups is 2. The van der Waals surface area contributed by atoms with Crippen molar-refractivity contribution in [2.24, 2.45) is 0 Å². The van der Waals surface area contributed by atoms with Crippen LogP contribution in [0.5, 0.6) is 11.5 Å². The number of hydrogen-bond donors (Lipinski definition) is 0. The van der Waals surface area contributed by atoms with E-state index in [-0.39, 0.29) is 17.7 Å². The fraction of sp³-hybridized carbons (Fsp3) is 0.128. The van der Waals surface area contributed by atoms with Gasteiger partial charge in [0.05, 0.1) is 18.5 Å². The molecule has 2 heterocycles. The predicted octanol–water partition coefficient (Wildman–Crippen LogP) is 7.62. The number of carbonyl (C=O) groups excluding carboxylic acids is 2. The van der Waals surface area contributed by atoms with Crippen molar-refractivity contribution in [2.45, 2.75) is 20.0 Å². The lowest BCUT2D eigenvalue weighted by molar-refractivity contribution is -0.140. The molecule has 0 unspecified atom stereocenters. The van der Waals surface area contributed by atoms with Crippen molar-refractivity contribution in [3.05, 3.63) is 148 Å². The first-order chi connectivity index (χ1) is 23.3. The smallest absolute Gasteiger partial charge is 0.271 e. The van der Waals surface area contributed by atoms with Gasteiger partial charge in [0.1, 0.15) is 29.7 Å². The van der Waals surface area contributed by atoms with E-state index in [1.54, 1.807) is 24.8 Å². The number of amides is 2.